The molecule has 0 aliphatic carbocycles. The van der Waals surface area contributed by atoms with E-state index in [9.17, 15) is 24.8 Å². The molecular formula is C18H22N2O6S. The van der Waals surface area contributed by atoms with Gasteiger partial charge in [0.2, 0.25) is 5.91 Å². The second-order valence-electron chi connectivity index (χ2n) is 6.78. The summed E-state index contributed by atoms with van der Waals surface area (Å²) in [5.41, 5.74) is 0.610. The van der Waals surface area contributed by atoms with Gasteiger partial charge in [-0.15, -0.1) is 0 Å². The van der Waals surface area contributed by atoms with E-state index in [1.54, 1.807) is 35.7 Å². The first kappa shape index (κ1) is 19.6. The molecule has 3 rings (SSSR count). The number of thioether (sulfide) groups is 1. The predicted molar refractivity (Wildman–Crippen MR) is 99.0 cm³/mol. The highest BCUT2D eigenvalue weighted by atomic mass is 32.2. The van der Waals surface area contributed by atoms with E-state index in [1.807, 2.05) is 6.92 Å². The number of hydrogen-bond acceptors (Lipinski definition) is 7. The van der Waals surface area contributed by atoms with E-state index < -0.39 is 29.0 Å². The van der Waals surface area contributed by atoms with E-state index in [0.29, 0.717) is 12.0 Å². The molecular weight excluding hydrogens is 372 g/mol. The standard InChI is InChI=1S/C18H22N2O6S/c1-3-27-14-8-13-15(10(2)21)17(22)19(13)16(14)18(23)26-9-11-4-6-12(7-5-11)20(24)25/h4-7,10,13-16,21H,3,8-9H2,1-2H3/t10-,13-,14?,15-,16?/m1/s1. The van der Waals surface area contributed by atoms with Gasteiger partial charge < -0.3 is 14.7 Å². The molecule has 1 aromatic rings. The van der Waals surface area contributed by atoms with Crippen molar-refractivity contribution in [2.45, 2.75) is 50.3 Å². The van der Waals surface area contributed by atoms with Gasteiger partial charge in [0, 0.05) is 23.4 Å². The number of benzene rings is 1. The predicted octanol–water partition coefficient (Wildman–Crippen LogP) is 1.74. The Balaban J connectivity index is 1.67. The van der Waals surface area contributed by atoms with Crippen molar-refractivity contribution in [3.8, 4) is 0 Å². The van der Waals surface area contributed by atoms with Crippen molar-refractivity contribution in [1.29, 1.82) is 0 Å². The smallest absolute Gasteiger partial charge is 0.330 e. The number of amides is 1. The van der Waals surface area contributed by atoms with Gasteiger partial charge in [-0.1, -0.05) is 6.92 Å². The van der Waals surface area contributed by atoms with Crippen LogP contribution in [0, 0.1) is 16.0 Å². The van der Waals surface area contributed by atoms with Crippen molar-refractivity contribution in [2.24, 2.45) is 5.92 Å². The number of carbonyl (C=O) groups excluding carboxylic acids is 2. The van der Waals surface area contributed by atoms with Gasteiger partial charge in [0.05, 0.1) is 16.9 Å². The Morgan fingerprint density at radius 3 is 2.67 bits per heavy atom. The largest absolute Gasteiger partial charge is 0.459 e. The Morgan fingerprint density at radius 2 is 2.11 bits per heavy atom. The normalized spacial score (nSPS) is 27.7. The maximum Gasteiger partial charge on any atom is 0.330 e. The molecule has 2 aliphatic heterocycles. The van der Waals surface area contributed by atoms with Crippen LogP contribution in [0.2, 0.25) is 0 Å². The third-order valence-electron chi connectivity index (χ3n) is 5.11. The van der Waals surface area contributed by atoms with E-state index in [1.165, 1.54) is 12.1 Å². The quantitative estimate of drug-likeness (QED) is 0.325. The summed E-state index contributed by atoms with van der Waals surface area (Å²) in [6.07, 6.45) is -0.0715. The summed E-state index contributed by atoms with van der Waals surface area (Å²) in [4.78, 5) is 36.9. The molecule has 1 aromatic carbocycles. The van der Waals surface area contributed by atoms with Crippen LogP contribution in [0.3, 0.4) is 0 Å². The molecule has 0 radical (unpaired) electrons. The lowest BCUT2D eigenvalue weighted by Crippen LogP contribution is -2.65. The molecule has 2 fully saturated rings. The Hall–Kier alpha value is -2.13. The average Bonchev–Trinajstić information content (AvgIpc) is 2.94. The molecule has 5 atom stereocenters. The van der Waals surface area contributed by atoms with Crippen LogP contribution in [0.4, 0.5) is 5.69 Å². The molecule has 0 bridgehead atoms. The minimum absolute atomic E-state index is 0.0105. The van der Waals surface area contributed by atoms with Gasteiger partial charge in [-0.05, 0) is 36.8 Å². The summed E-state index contributed by atoms with van der Waals surface area (Å²) in [7, 11) is 0. The van der Waals surface area contributed by atoms with Gasteiger partial charge in [0.25, 0.3) is 5.69 Å². The van der Waals surface area contributed by atoms with E-state index >= 15 is 0 Å². The highest BCUT2D eigenvalue weighted by Crippen LogP contribution is 2.45. The van der Waals surface area contributed by atoms with Crippen LogP contribution < -0.4 is 0 Å². The summed E-state index contributed by atoms with van der Waals surface area (Å²) in [5.74, 6) is -0.312. The lowest BCUT2D eigenvalue weighted by Gasteiger charge is -2.46. The molecule has 0 aromatic heterocycles. The number of non-ortho nitro benzene ring substituents is 1. The zero-order valence-electron chi connectivity index (χ0n) is 15.1. The number of fused-ring (bicyclic) bond motifs is 1. The molecule has 2 aliphatic rings. The second kappa shape index (κ2) is 7.85. The SMILES string of the molecule is CCSC1C[C@@H]2[C@@H]([C@@H](C)O)C(=O)N2C1C(=O)OCc1ccc([N+](=O)[O-])cc1. The Morgan fingerprint density at radius 1 is 1.44 bits per heavy atom. The van der Waals surface area contributed by atoms with E-state index in [4.69, 9.17) is 4.74 Å². The number of aliphatic hydroxyl groups is 1. The number of nitro benzene ring substituents is 1. The number of hydrogen-bond donors (Lipinski definition) is 1. The zero-order chi connectivity index (χ0) is 19.7. The lowest BCUT2D eigenvalue weighted by molar-refractivity contribution is -0.384. The van der Waals surface area contributed by atoms with Crippen molar-refractivity contribution >= 4 is 29.3 Å². The Bertz CT molecular complexity index is 738. The molecule has 9 heteroatoms. The number of β-lactam (4-membered cyclic amide) rings is 1. The van der Waals surface area contributed by atoms with Gasteiger partial charge in [0.15, 0.2) is 0 Å². The third kappa shape index (κ3) is 3.66. The fraction of sp³-hybridized carbons (Fsp3) is 0.556. The first-order valence-electron chi connectivity index (χ1n) is 8.87. The van der Waals surface area contributed by atoms with Crippen molar-refractivity contribution in [2.75, 3.05) is 5.75 Å². The van der Waals surface area contributed by atoms with Crippen LogP contribution in [0.1, 0.15) is 25.8 Å². The van der Waals surface area contributed by atoms with Crippen LogP contribution in [0.15, 0.2) is 24.3 Å². The first-order chi connectivity index (χ1) is 12.8. The monoisotopic (exact) mass is 394 g/mol. The molecule has 0 saturated carbocycles. The highest BCUT2D eigenvalue weighted by Gasteiger charge is 2.61. The van der Waals surface area contributed by atoms with Gasteiger partial charge in [-0.2, -0.15) is 11.8 Å². The highest BCUT2D eigenvalue weighted by molar-refractivity contribution is 7.99. The summed E-state index contributed by atoms with van der Waals surface area (Å²) in [6, 6.07) is 5.02. The molecule has 1 N–H and O–H groups in total. The van der Waals surface area contributed by atoms with Crippen LogP contribution in [-0.2, 0) is 20.9 Å². The fourth-order valence-corrected chi connectivity index (χ4v) is 5.05. The lowest BCUT2D eigenvalue weighted by atomic mass is 9.84. The number of esters is 1. The number of aliphatic hydroxyl groups excluding tert-OH is 1. The zero-order valence-corrected chi connectivity index (χ0v) is 15.9. The Kier molecular flexibility index (Phi) is 5.71. The van der Waals surface area contributed by atoms with E-state index in [-0.39, 0.29) is 29.5 Å². The van der Waals surface area contributed by atoms with Gasteiger partial charge >= 0.3 is 5.97 Å². The van der Waals surface area contributed by atoms with Gasteiger partial charge in [-0.25, -0.2) is 4.79 Å². The van der Waals surface area contributed by atoms with E-state index in [2.05, 4.69) is 0 Å². The number of nitro groups is 1. The van der Waals surface area contributed by atoms with Crippen LogP contribution in [0.25, 0.3) is 0 Å². The first-order valence-corrected chi connectivity index (χ1v) is 9.91. The van der Waals surface area contributed by atoms with Crippen molar-refractivity contribution in [3.63, 3.8) is 0 Å². The van der Waals surface area contributed by atoms with Gasteiger partial charge in [-0.3, -0.25) is 14.9 Å². The molecule has 1 amide bonds. The average molecular weight is 394 g/mol. The summed E-state index contributed by atoms with van der Waals surface area (Å²) < 4.78 is 5.41. The molecule has 146 valence electrons. The molecule has 8 nitrogen and oxygen atoms in total. The van der Waals surface area contributed by atoms with Crippen LogP contribution in [0.5, 0.6) is 0 Å². The third-order valence-corrected chi connectivity index (χ3v) is 6.32. The molecule has 0 spiro atoms. The number of rotatable bonds is 7. The van der Waals surface area contributed by atoms with Gasteiger partial charge in [0.1, 0.15) is 12.6 Å². The fourth-order valence-electron chi connectivity index (χ4n) is 3.86. The van der Waals surface area contributed by atoms with Crippen LogP contribution in [-0.4, -0.2) is 56.0 Å². The maximum atomic E-state index is 12.7. The summed E-state index contributed by atoms with van der Waals surface area (Å²) >= 11 is 1.61. The minimum atomic E-state index is -0.735. The van der Waals surface area contributed by atoms with Crippen molar-refractivity contribution in [1.82, 2.24) is 4.90 Å². The van der Waals surface area contributed by atoms with Crippen LogP contribution >= 0.6 is 11.8 Å². The molecule has 27 heavy (non-hydrogen) atoms. The molecule has 2 heterocycles. The topological polar surface area (TPSA) is 110 Å². The number of nitrogens with zero attached hydrogens (tertiary/aromatic N) is 2. The second-order valence-corrected chi connectivity index (χ2v) is 8.30. The Labute approximate surface area is 161 Å². The summed E-state index contributed by atoms with van der Waals surface area (Å²) in [6.45, 7) is 3.58. The maximum absolute atomic E-state index is 12.7. The molecule has 2 unspecified atom stereocenters. The van der Waals surface area contributed by atoms with Crippen molar-refractivity contribution in [3.05, 3.63) is 39.9 Å². The minimum Gasteiger partial charge on any atom is -0.459 e. The van der Waals surface area contributed by atoms with E-state index in [0.717, 1.165) is 5.75 Å². The molecule has 2 saturated heterocycles. The van der Waals surface area contributed by atoms with Crippen molar-refractivity contribution < 1.29 is 24.4 Å². The number of carbonyl (C=O) groups is 2. The number of ether oxygens (including phenoxy) is 1. The summed E-state index contributed by atoms with van der Waals surface area (Å²) in [5, 5.41) is 20.5.